The largest absolute Gasteiger partial charge is 0.493 e. The molecule has 4 heteroatoms. The van der Waals surface area contributed by atoms with Gasteiger partial charge < -0.3 is 10.5 Å². The molecule has 0 heterocycles. The Morgan fingerprint density at radius 1 is 1.50 bits per heavy atom. The zero-order chi connectivity index (χ0) is 11.9. The van der Waals surface area contributed by atoms with Crippen LogP contribution in [0.4, 0.5) is 4.39 Å². The molecular weight excluding hydrogens is 229 g/mol. The lowest BCUT2D eigenvalue weighted by molar-refractivity contribution is 0.372. The maximum Gasteiger partial charge on any atom is 0.166 e. The van der Waals surface area contributed by atoms with Crippen molar-refractivity contribution < 1.29 is 9.13 Å². The van der Waals surface area contributed by atoms with Crippen molar-refractivity contribution in [1.29, 1.82) is 0 Å². The molecule has 0 amide bonds. The third-order valence-corrected chi connectivity index (χ3v) is 3.63. The van der Waals surface area contributed by atoms with Crippen LogP contribution >= 0.6 is 11.6 Å². The van der Waals surface area contributed by atoms with E-state index in [0.29, 0.717) is 5.02 Å². The summed E-state index contributed by atoms with van der Waals surface area (Å²) in [5, 5.41) is 0.389. The van der Waals surface area contributed by atoms with Gasteiger partial charge in [-0.3, -0.25) is 0 Å². The maximum absolute atomic E-state index is 13.7. The smallest absolute Gasteiger partial charge is 0.166 e. The fraction of sp³-hybridized carbons (Fsp3) is 0.500. The monoisotopic (exact) mass is 243 g/mol. The van der Waals surface area contributed by atoms with Crippen molar-refractivity contribution in [2.24, 2.45) is 5.73 Å². The Morgan fingerprint density at radius 3 is 2.56 bits per heavy atom. The molecule has 0 saturated heterocycles. The number of hydrogen-bond acceptors (Lipinski definition) is 2. The third-order valence-electron chi connectivity index (χ3n) is 3.41. The molecule has 1 saturated carbocycles. The molecule has 2 rings (SSSR count). The van der Waals surface area contributed by atoms with Gasteiger partial charge in [0.1, 0.15) is 0 Å². The van der Waals surface area contributed by atoms with E-state index in [0.717, 1.165) is 18.4 Å². The molecule has 16 heavy (non-hydrogen) atoms. The summed E-state index contributed by atoms with van der Waals surface area (Å²) in [5.74, 6) is -0.142. The summed E-state index contributed by atoms with van der Waals surface area (Å²) in [6, 6.07) is 3.00. The van der Waals surface area contributed by atoms with Crippen LogP contribution in [0.3, 0.4) is 0 Å². The SMILES string of the molecule is COc1c(F)cc(Cl)cc1C1(C(C)N)CC1. The first-order chi connectivity index (χ1) is 7.51. The molecule has 1 atom stereocenters. The molecule has 1 aromatic carbocycles. The van der Waals surface area contributed by atoms with Crippen LogP contribution in [-0.4, -0.2) is 13.2 Å². The van der Waals surface area contributed by atoms with Crippen LogP contribution in [-0.2, 0) is 5.41 Å². The number of ether oxygens (including phenoxy) is 1. The van der Waals surface area contributed by atoms with E-state index in [-0.39, 0.29) is 17.2 Å². The number of halogens is 2. The van der Waals surface area contributed by atoms with E-state index in [2.05, 4.69) is 0 Å². The third kappa shape index (κ3) is 1.68. The second-order valence-electron chi connectivity index (χ2n) is 4.41. The van der Waals surface area contributed by atoms with Gasteiger partial charge in [-0.25, -0.2) is 4.39 Å². The average Bonchev–Trinajstić information content (AvgIpc) is 2.97. The van der Waals surface area contributed by atoms with Gasteiger partial charge in [0.05, 0.1) is 7.11 Å². The van der Waals surface area contributed by atoms with Crippen LogP contribution in [0.25, 0.3) is 0 Å². The van der Waals surface area contributed by atoms with Crippen molar-refractivity contribution in [3.05, 3.63) is 28.5 Å². The van der Waals surface area contributed by atoms with Crippen LogP contribution in [0.15, 0.2) is 12.1 Å². The van der Waals surface area contributed by atoms with Crippen LogP contribution in [0.2, 0.25) is 5.02 Å². The molecule has 0 aliphatic heterocycles. The fourth-order valence-electron chi connectivity index (χ4n) is 2.24. The topological polar surface area (TPSA) is 35.2 Å². The van der Waals surface area contributed by atoms with Gasteiger partial charge in [-0.2, -0.15) is 0 Å². The first kappa shape index (κ1) is 11.7. The summed E-state index contributed by atoms with van der Waals surface area (Å²) >= 11 is 5.88. The molecule has 1 aliphatic rings. The van der Waals surface area contributed by atoms with Crippen molar-refractivity contribution in [3.63, 3.8) is 0 Å². The van der Waals surface area contributed by atoms with Crippen LogP contribution in [0.5, 0.6) is 5.75 Å². The van der Waals surface area contributed by atoms with E-state index in [1.54, 1.807) is 6.07 Å². The standard InChI is InChI=1S/C12H15ClFNO/c1-7(15)12(3-4-12)9-5-8(13)6-10(14)11(9)16-2/h5-7H,3-4,15H2,1-2H3. The molecule has 1 fully saturated rings. The Balaban J connectivity index is 2.55. The summed E-state index contributed by atoms with van der Waals surface area (Å²) in [4.78, 5) is 0. The van der Waals surface area contributed by atoms with Crippen LogP contribution < -0.4 is 10.5 Å². The highest BCUT2D eigenvalue weighted by molar-refractivity contribution is 6.30. The highest BCUT2D eigenvalue weighted by Crippen LogP contribution is 2.54. The molecular formula is C12H15ClFNO. The van der Waals surface area contributed by atoms with E-state index >= 15 is 0 Å². The zero-order valence-electron chi connectivity index (χ0n) is 9.39. The lowest BCUT2D eigenvalue weighted by atomic mass is 9.88. The van der Waals surface area contributed by atoms with Crippen LogP contribution in [0.1, 0.15) is 25.3 Å². The number of hydrogen-bond donors (Lipinski definition) is 1. The predicted molar refractivity (Wildman–Crippen MR) is 62.5 cm³/mol. The van der Waals surface area contributed by atoms with E-state index in [1.165, 1.54) is 13.2 Å². The number of rotatable bonds is 3. The maximum atomic E-state index is 13.7. The molecule has 0 spiro atoms. The lowest BCUT2D eigenvalue weighted by Gasteiger charge is -2.23. The first-order valence-electron chi connectivity index (χ1n) is 5.30. The van der Waals surface area contributed by atoms with Gasteiger partial charge in [-0.05, 0) is 31.9 Å². The molecule has 2 N–H and O–H groups in total. The Hall–Kier alpha value is -0.800. The van der Waals surface area contributed by atoms with Gasteiger partial charge >= 0.3 is 0 Å². The molecule has 0 radical (unpaired) electrons. The highest BCUT2D eigenvalue weighted by Gasteiger charge is 2.49. The van der Waals surface area contributed by atoms with E-state index in [9.17, 15) is 4.39 Å². The number of methoxy groups -OCH3 is 1. The first-order valence-corrected chi connectivity index (χ1v) is 5.68. The van der Waals surface area contributed by atoms with Gasteiger partial charge in [0.25, 0.3) is 0 Å². The van der Waals surface area contributed by atoms with Crippen LogP contribution in [0, 0.1) is 5.82 Å². The average molecular weight is 244 g/mol. The number of benzene rings is 1. The van der Waals surface area contributed by atoms with Crippen molar-refractivity contribution in [3.8, 4) is 5.75 Å². The minimum atomic E-state index is -0.420. The van der Waals surface area contributed by atoms with Crippen molar-refractivity contribution in [2.75, 3.05) is 7.11 Å². The van der Waals surface area contributed by atoms with Gasteiger partial charge in [0.2, 0.25) is 0 Å². The summed E-state index contributed by atoms with van der Waals surface area (Å²) in [5.41, 5.74) is 6.61. The molecule has 1 aliphatic carbocycles. The van der Waals surface area contributed by atoms with Gasteiger partial charge in [0, 0.05) is 22.0 Å². The molecule has 1 unspecified atom stereocenters. The van der Waals surface area contributed by atoms with Crippen molar-refractivity contribution in [1.82, 2.24) is 0 Å². The fourth-order valence-corrected chi connectivity index (χ4v) is 2.45. The Labute approximate surface area is 99.5 Å². The molecule has 88 valence electrons. The highest BCUT2D eigenvalue weighted by atomic mass is 35.5. The van der Waals surface area contributed by atoms with E-state index in [1.807, 2.05) is 6.92 Å². The summed E-state index contributed by atoms with van der Waals surface area (Å²) in [6.07, 6.45) is 1.92. The predicted octanol–water partition coefficient (Wildman–Crippen LogP) is 2.87. The number of nitrogens with two attached hydrogens (primary N) is 1. The zero-order valence-corrected chi connectivity index (χ0v) is 10.1. The van der Waals surface area contributed by atoms with Gasteiger partial charge in [0.15, 0.2) is 11.6 Å². The van der Waals surface area contributed by atoms with E-state index in [4.69, 9.17) is 22.1 Å². The van der Waals surface area contributed by atoms with Gasteiger partial charge in [-0.1, -0.05) is 11.6 Å². The summed E-state index contributed by atoms with van der Waals surface area (Å²) in [6.45, 7) is 1.94. The van der Waals surface area contributed by atoms with E-state index < -0.39 is 5.82 Å². The Bertz CT molecular complexity index is 416. The second kappa shape index (κ2) is 3.90. The minimum Gasteiger partial charge on any atom is -0.493 e. The molecule has 2 nitrogen and oxygen atoms in total. The quantitative estimate of drug-likeness (QED) is 0.886. The minimum absolute atomic E-state index is 0.0285. The summed E-state index contributed by atoms with van der Waals surface area (Å²) in [7, 11) is 1.47. The molecule has 0 aromatic heterocycles. The van der Waals surface area contributed by atoms with Crippen molar-refractivity contribution >= 4 is 11.6 Å². The Morgan fingerprint density at radius 2 is 2.12 bits per heavy atom. The van der Waals surface area contributed by atoms with Crippen molar-refractivity contribution in [2.45, 2.75) is 31.2 Å². The molecule has 0 bridgehead atoms. The normalized spacial score (nSPS) is 19.3. The van der Waals surface area contributed by atoms with Gasteiger partial charge in [-0.15, -0.1) is 0 Å². The second-order valence-corrected chi connectivity index (χ2v) is 4.85. The lowest BCUT2D eigenvalue weighted by Crippen LogP contribution is -2.32. The summed E-state index contributed by atoms with van der Waals surface area (Å²) < 4.78 is 18.8. The Kier molecular flexibility index (Phi) is 2.84. The molecule has 1 aromatic rings.